The molecule has 0 bridgehead atoms. The molecular formula is C12H18N2O5S. The van der Waals surface area contributed by atoms with Gasteiger partial charge in [-0.1, -0.05) is 6.92 Å². The second kappa shape index (κ2) is 7.22. The van der Waals surface area contributed by atoms with Crippen molar-refractivity contribution >= 4 is 15.9 Å². The monoisotopic (exact) mass is 302 g/mol. The van der Waals surface area contributed by atoms with E-state index in [9.17, 15) is 13.2 Å². The van der Waals surface area contributed by atoms with Gasteiger partial charge >= 0.3 is 0 Å². The Hall–Kier alpha value is -1.64. The summed E-state index contributed by atoms with van der Waals surface area (Å²) in [4.78, 5) is 10.6. The van der Waals surface area contributed by atoms with Crippen molar-refractivity contribution in [3.63, 3.8) is 0 Å². The van der Waals surface area contributed by atoms with E-state index in [0.717, 1.165) is 6.42 Å². The van der Waals surface area contributed by atoms with Gasteiger partial charge in [-0.15, -0.1) is 0 Å². The van der Waals surface area contributed by atoms with Crippen LogP contribution in [0.2, 0.25) is 0 Å². The number of carbonyl (C=O) groups is 1. The number of ether oxygens (including phenoxy) is 1. The number of nitrogens with two attached hydrogens (primary N) is 1. The zero-order chi connectivity index (χ0) is 15.2. The number of hydrogen-bond donors (Lipinski definition) is 3. The highest BCUT2D eigenvalue weighted by Crippen LogP contribution is 2.16. The molecule has 8 heteroatoms. The lowest BCUT2D eigenvalue weighted by molar-refractivity contribution is -0.125. The van der Waals surface area contributed by atoms with Crippen LogP contribution in [0.1, 0.15) is 13.3 Å². The maximum absolute atomic E-state index is 11.9. The molecule has 4 N–H and O–H groups in total. The van der Waals surface area contributed by atoms with Gasteiger partial charge in [-0.05, 0) is 30.7 Å². The fourth-order valence-electron chi connectivity index (χ4n) is 1.31. The van der Waals surface area contributed by atoms with Crippen LogP contribution < -0.4 is 15.2 Å². The lowest BCUT2D eigenvalue weighted by atomic mass is 10.3. The molecule has 0 saturated carbocycles. The second-order valence-electron chi connectivity index (χ2n) is 4.09. The lowest BCUT2D eigenvalue weighted by Crippen LogP contribution is -2.39. The number of aliphatic hydroxyl groups is 1. The minimum Gasteiger partial charge on any atom is -0.494 e. The first-order valence-electron chi connectivity index (χ1n) is 6.06. The fraction of sp³-hybridized carbons (Fsp3) is 0.417. The number of nitrogens with one attached hydrogen (secondary N) is 1. The van der Waals surface area contributed by atoms with Crippen molar-refractivity contribution < 1.29 is 23.1 Å². The summed E-state index contributed by atoms with van der Waals surface area (Å²) in [6.07, 6.45) is -0.705. The summed E-state index contributed by atoms with van der Waals surface area (Å²) in [5.74, 6) is -0.418. The summed E-state index contributed by atoms with van der Waals surface area (Å²) in [7, 11) is -3.80. The fourth-order valence-corrected chi connectivity index (χ4v) is 2.35. The molecule has 0 fully saturated rings. The van der Waals surface area contributed by atoms with Gasteiger partial charge in [-0.3, -0.25) is 4.79 Å². The SMILES string of the molecule is CCCOc1ccc(S(=O)(=O)NCC(O)C(N)=O)cc1. The number of sulfonamides is 1. The number of primary amides is 1. The third-order valence-corrected chi connectivity index (χ3v) is 3.84. The van der Waals surface area contributed by atoms with Crippen LogP contribution in [0.5, 0.6) is 5.75 Å². The number of rotatable bonds is 8. The Bertz CT molecular complexity index is 541. The molecule has 1 atom stereocenters. The standard InChI is InChI=1S/C12H18N2O5S/c1-2-7-19-9-3-5-10(6-4-9)20(17,18)14-8-11(15)12(13)16/h3-6,11,14-15H,2,7-8H2,1H3,(H2,13,16). The summed E-state index contributed by atoms with van der Waals surface area (Å²) >= 11 is 0. The molecule has 0 saturated heterocycles. The summed E-state index contributed by atoms with van der Waals surface area (Å²) in [5.41, 5.74) is 4.83. The van der Waals surface area contributed by atoms with Crippen LogP contribution in [0.4, 0.5) is 0 Å². The minimum atomic E-state index is -3.80. The number of carbonyl (C=O) groups excluding carboxylic acids is 1. The zero-order valence-electron chi connectivity index (χ0n) is 11.1. The van der Waals surface area contributed by atoms with Crippen LogP contribution >= 0.6 is 0 Å². The van der Waals surface area contributed by atoms with E-state index in [-0.39, 0.29) is 4.90 Å². The van der Waals surface area contributed by atoms with Crippen LogP contribution in [0, 0.1) is 0 Å². The van der Waals surface area contributed by atoms with E-state index < -0.39 is 28.6 Å². The smallest absolute Gasteiger partial charge is 0.247 e. The minimum absolute atomic E-state index is 0.0121. The molecule has 0 aliphatic heterocycles. The van der Waals surface area contributed by atoms with E-state index in [0.29, 0.717) is 12.4 Å². The normalized spacial score (nSPS) is 12.9. The number of hydrogen-bond acceptors (Lipinski definition) is 5. The van der Waals surface area contributed by atoms with Gasteiger partial charge in [0.15, 0.2) is 0 Å². The Morgan fingerprint density at radius 1 is 1.40 bits per heavy atom. The Morgan fingerprint density at radius 2 is 2.00 bits per heavy atom. The summed E-state index contributed by atoms with van der Waals surface area (Å²) in [6.45, 7) is 2.05. The third kappa shape index (κ3) is 4.80. The quantitative estimate of drug-likeness (QED) is 0.604. The molecule has 1 rings (SSSR count). The Kier molecular flexibility index (Phi) is 5.93. The maximum Gasteiger partial charge on any atom is 0.247 e. The first kappa shape index (κ1) is 16.4. The predicted molar refractivity (Wildman–Crippen MR) is 72.6 cm³/mol. The highest BCUT2D eigenvalue weighted by molar-refractivity contribution is 7.89. The molecule has 20 heavy (non-hydrogen) atoms. The number of benzene rings is 1. The highest BCUT2D eigenvalue weighted by Gasteiger charge is 2.18. The molecule has 0 spiro atoms. The van der Waals surface area contributed by atoms with Gasteiger partial charge in [0.05, 0.1) is 11.5 Å². The zero-order valence-corrected chi connectivity index (χ0v) is 11.9. The molecule has 1 aromatic carbocycles. The maximum atomic E-state index is 11.9. The van der Waals surface area contributed by atoms with E-state index in [2.05, 4.69) is 4.72 Å². The molecule has 112 valence electrons. The number of amides is 1. The largest absolute Gasteiger partial charge is 0.494 e. The summed E-state index contributed by atoms with van der Waals surface area (Å²) < 4.78 is 31.2. The van der Waals surface area contributed by atoms with E-state index in [4.69, 9.17) is 15.6 Å². The van der Waals surface area contributed by atoms with Crippen molar-refractivity contribution in [1.29, 1.82) is 0 Å². The van der Waals surface area contributed by atoms with E-state index in [1.807, 2.05) is 6.92 Å². The first-order chi connectivity index (χ1) is 9.36. The van der Waals surface area contributed by atoms with Gasteiger partial charge in [0, 0.05) is 6.54 Å². The van der Waals surface area contributed by atoms with Crippen molar-refractivity contribution in [3.8, 4) is 5.75 Å². The van der Waals surface area contributed by atoms with Crippen LogP contribution in [-0.2, 0) is 14.8 Å². The highest BCUT2D eigenvalue weighted by atomic mass is 32.2. The van der Waals surface area contributed by atoms with Crippen molar-refractivity contribution in [2.24, 2.45) is 5.73 Å². The van der Waals surface area contributed by atoms with Crippen molar-refractivity contribution in [2.45, 2.75) is 24.3 Å². The molecule has 0 aliphatic rings. The van der Waals surface area contributed by atoms with Gasteiger partial charge < -0.3 is 15.6 Å². The van der Waals surface area contributed by atoms with E-state index in [1.165, 1.54) is 24.3 Å². The van der Waals surface area contributed by atoms with Gasteiger partial charge in [0.2, 0.25) is 15.9 Å². The van der Waals surface area contributed by atoms with Gasteiger partial charge in [-0.25, -0.2) is 13.1 Å². The summed E-state index contributed by atoms with van der Waals surface area (Å²) in [6, 6.07) is 5.83. The molecule has 0 aliphatic carbocycles. The van der Waals surface area contributed by atoms with Crippen LogP contribution in [0.3, 0.4) is 0 Å². The Morgan fingerprint density at radius 3 is 2.50 bits per heavy atom. The first-order valence-corrected chi connectivity index (χ1v) is 7.55. The van der Waals surface area contributed by atoms with Gasteiger partial charge in [0.25, 0.3) is 0 Å². The van der Waals surface area contributed by atoms with Crippen LogP contribution in [0.25, 0.3) is 0 Å². The summed E-state index contributed by atoms with van der Waals surface area (Å²) in [5, 5.41) is 9.16. The molecule has 1 amide bonds. The Labute approximate surface area is 117 Å². The van der Waals surface area contributed by atoms with Gasteiger partial charge in [-0.2, -0.15) is 0 Å². The average molecular weight is 302 g/mol. The van der Waals surface area contributed by atoms with E-state index >= 15 is 0 Å². The molecule has 1 aromatic rings. The van der Waals surface area contributed by atoms with E-state index in [1.54, 1.807) is 0 Å². The van der Waals surface area contributed by atoms with Crippen molar-refractivity contribution in [1.82, 2.24) is 4.72 Å². The topological polar surface area (TPSA) is 119 Å². The van der Waals surface area contributed by atoms with Crippen LogP contribution in [-0.4, -0.2) is 38.7 Å². The molecule has 0 aromatic heterocycles. The lowest BCUT2D eigenvalue weighted by Gasteiger charge is -2.10. The number of aliphatic hydroxyl groups excluding tert-OH is 1. The molecule has 0 heterocycles. The van der Waals surface area contributed by atoms with Crippen molar-refractivity contribution in [2.75, 3.05) is 13.2 Å². The van der Waals surface area contributed by atoms with Crippen molar-refractivity contribution in [3.05, 3.63) is 24.3 Å². The third-order valence-electron chi connectivity index (χ3n) is 2.40. The molecular weight excluding hydrogens is 284 g/mol. The second-order valence-corrected chi connectivity index (χ2v) is 5.86. The predicted octanol–water partition coefficient (Wildman–Crippen LogP) is -0.400. The molecule has 7 nitrogen and oxygen atoms in total. The van der Waals surface area contributed by atoms with Crippen LogP contribution in [0.15, 0.2) is 29.2 Å². The van der Waals surface area contributed by atoms with Gasteiger partial charge in [0.1, 0.15) is 11.9 Å². The average Bonchev–Trinajstić information content (AvgIpc) is 2.43. The Balaban J connectivity index is 2.70. The molecule has 1 unspecified atom stereocenters. The molecule has 0 radical (unpaired) electrons.